The fourth-order valence-electron chi connectivity index (χ4n) is 7.78. The number of unbranched alkanes of at least 4 members (excludes halogenated alkanes) is 2. The molecule has 1 aromatic carbocycles. The number of aryl methyl sites for hydroxylation is 3. The number of ketones is 1. The van der Waals surface area contributed by atoms with Crippen molar-refractivity contribution < 1.29 is 68.1 Å². The fraction of sp³-hybridized carbons (Fsp3) is 0.490. The van der Waals surface area contributed by atoms with E-state index >= 15 is 0 Å². The first kappa shape index (κ1) is 56.7. The zero-order chi connectivity index (χ0) is 55.3. The summed E-state index contributed by atoms with van der Waals surface area (Å²) in [6.07, 6.45) is 8.05. The molecule has 0 aliphatic carbocycles. The van der Waals surface area contributed by atoms with Crippen molar-refractivity contribution in [2.45, 2.75) is 104 Å². The summed E-state index contributed by atoms with van der Waals surface area (Å²) in [4.78, 5) is 93.8. The second kappa shape index (κ2) is 25.7. The number of aromatic nitrogens is 12. The molecule has 6 heterocycles. The number of aliphatic hydroxyl groups is 4. The van der Waals surface area contributed by atoms with E-state index in [9.17, 15) is 49.2 Å². The van der Waals surface area contributed by atoms with E-state index in [-0.39, 0.29) is 67.8 Å². The lowest BCUT2D eigenvalue weighted by atomic mass is 9.93. The molecule has 28 nitrogen and oxygen atoms in total. The minimum Gasteiger partial charge on any atom is -0.463 e. The Balaban J connectivity index is 1.02. The van der Waals surface area contributed by atoms with Gasteiger partial charge in [-0.25, -0.2) is 9.97 Å². The second-order valence-corrected chi connectivity index (χ2v) is 18.9. The molecule has 1 aliphatic rings. The van der Waals surface area contributed by atoms with Gasteiger partial charge in [0.15, 0.2) is 16.9 Å². The summed E-state index contributed by atoms with van der Waals surface area (Å²) in [6.45, 7) is 0.244. The molecule has 0 unspecified atom stereocenters. The van der Waals surface area contributed by atoms with Gasteiger partial charge < -0.3 is 54.4 Å². The predicted octanol–water partition coefficient (Wildman–Crippen LogP) is 0.733. The molecular weight excluding hydrogens is 1010 g/mol. The number of esters is 4. The number of aromatic amines is 1. The molecule has 1 saturated heterocycles. The minimum absolute atomic E-state index is 0.000182. The minimum atomic E-state index is -1.47. The number of hydrogen-bond acceptors (Lipinski definition) is 23. The van der Waals surface area contributed by atoms with Gasteiger partial charge in [0.25, 0.3) is 5.56 Å². The molecular formula is C49H61N13O15. The van der Waals surface area contributed by atoms with Gasteiger partial charge in [0, 0.05) is 62.9 Å². The van der Waals surface area contributed by atoms with Gasteiger partial charge in [0.1, 0.15) is 72.1 Å². The first-order valence-corrected chi connectivity index (χ1v) is 24.6. The van der Waals surface area contributed by atoms with Crippen LogP contribution in [-0.2, 0) is 76.2 Å². The average molecular weight is 1070 g/mol. The van der Waals surface area contributed by atoms with Gasteiger partial charge >= 0.3 is 23.9 Å². The molecule has 28 heteroatoms. The number of H-pyrrole nitrogens is 1. The van der Waals surface area contributed by atoms with Crippen molar-refractivity contribution in [3.8, 4) is 11.4 Å². The quantitative estimate of drug-likeness (QED) is 0.0130. The van der Waals surface area contributed by atoms with E-state index in [2.05, 4.69) is 40.6 Å². The van der Waals surface area contributed by atoms with Crippen LogP contribution in [0.1, 0.15) is 92.6 Å². The lowest BCUT2D eigenvalue weighted by molar-refractivity contribution is -0.162. The number of imidazole rings is 2. The summed E-state index contributed by atoms with van der Waals surface area (Å²) in [7, 11) is 1.79. The van der Waals surface area contributed by atoms with E-state index in [1.54, 1.807) is 66.7 Å². The van der Waals surface area contributed by atoms with Crippen LogP contribution in [0.25, 0.3) is 28.6 Å². The molecule has 0 bridgehead atoms. The van der Waals surface area contributed by atoms with Crippen LogP contribution in [0.3, 0.4) is 0 Å². The molecule has 0 spiro atoms. The molecule has 0 radical (unpaired) electrons. The van der Waals surface area contributed by atoms with Crippen LogP contribution in [0, 0.1) is 10.8 Å². The smallest absolute Gasteiger partial charge is 0.316 e. The number of rotatable bonds is 28. The highest BCUT2D eigenvalue weighted by molar-refractivity contribution is 6.07. The van der Waals surface area contributed by atoms with Crippen LogP contribution >= 0.6 is 0 Å². The van der Waals surface area contributed by atoms with Gasteiger partial charge in [0.05, 0.1) is 38.8 Å². The number of aliphatic hydroxyl groups excluding tert-OH is 4. The molecule has 0 amide bonds. The van der Waals surface area contributed by atoms with Crippen molar-refractivity contribution in [2.24, 2.45) is 17.9 Å². The number of nitrogen functional groups attached to an aromatic ring is 1. The molecule has 3 atom stereocenters. The van der Waals surface area contributed by atoms with E-state index in [0.29, 0.717) is 67.1 Å². The molecule has 412 valence electrons. The van der Waals surface area contributed by atoms with Gasteiger partial charge in [0.2, 0.25) is 5.95 Å². The highest BCUT2D eigenvalue weighted by Gasteiger charge is 2.42. The van der Waals surface area contributed by atoms with E-state index in [4.69, 9.17) is 29.4 Å². The van der Waals surface area contributed by atoms with Gasteiger partial charge in [-0.2, -0.15) is 4.98 Å². The van der Waals surface area contributed by atoms with Crippen LogP contribution in [0.15, 0.2) is 59.9 Å². The Bertz CT molecular complexity index is 3110. The number of ether oxygens (including phenoxy) is 5. The third kappa shape index (κ3) is 14.3. The summed E-state index contributed by atoms with van der Waals surface area (Å²) in [5, 5.41) is 53.9. The largest absolute Gasteiger partial charge is 0.463 e. The number of benzene rings is 1. The third-order valence-electron chi connectivity index (χ3n) is 12.7. The van der Waals surface area contributed by atoms with Crippen molar-refractivity contribution in [3.63, 3.8) is 0 Å². The van der Waals surface area contributed by atoms with Gasteiger partial charge in [-0.1, -0.05) is 28.6 Å². The van der Waals surface area contributed by atoms with Gasteiger partial charge in [-0.15, -0.1) is 10.2 Å². The topological polar surface area (TPSA) is 381 Å². The molecule has 1 aliphatic heterocycles. The maximum absolute atomic E-state index is 13.5. The summed E-state index contributed by atoms with van der Waals surface area (Å²) in [5.41, 5.74) is 3.79. The number of nitrogens with zero attached hydrogens (tertiary/aromatic N) is 11. The van der Waals surface area contributed by atoms with Crippen LogP contribution in [0.4, 0.5) is 5.95 Å². The Hall–Kier alpha value is -8.05. The van der Waals surface area contributed by atoms with Crippen LogP contribution in [-0.4, -0.2) is 154 Å². The van der Waals surface area contributed by atoms with Crippen molar-refractivity contribution >= 4 is 52.8 Å². The van der Waals surface area contributed by atoms with Crippen molar-refractivity contribution in [1.29, 1.82) is 0 Å². The number of allylic oxidation sites excluding steroid dienone is 1. The third-order valence-corrected chi connectivity index (χ3v) is 12.7. The number of nitrogens with two attached hydrogens (primary N) is 1. The highest BCUT2D eigenvalue weighted by Crippen LogP contribution is 2.37. The second-order valence-electron chi connectivity index (χ2n) is 18.9. The molecule has 7 N–H and O–H groups in total. The average Bonchev–Trinajstić information content (AvgIpc) is 4.35. The Labute approximate surface area is 438 Å². The van der Waals surface area contributed by atoms with E-state index < -0.39 is 85.1 Å². The summed E-state index contributed by atoms with van der Waals surface area (Å²) in [5.74, 6) is -2.55. The molecule has 5 aromatic heterocycles. The SMILES string of the molecule is Cn1ccnc1/C=C/C(=O)c1cccc(-c2nc3c(=O)[nH]c(N)nc3n2[C@H]2C[C@H](OC(=O)CCCCn3cc(COC(=O)C(C)(CO)CO)nn3)[C@@H](COC(=O)CCCCn3cc(COC(=O)C(C)(CO)CO)nn3)O2)c1. The molecule has 77 heavy (non-hydrogen) atoms. The molecule has 6 aromatic rings. The predicted molar refractivity (Wildman–Crippen MR) is 266 cm³/mol. The Morgan fingerprint density at radius 2 is 1.45 bits per heavy atom. The summed E-state index contributed by atoms with van der Waals surface area (Å²) in [6, 6.07) is 6.56. The molecule has 1 fully saturated rings. The zero-order valence-electron chi connectivity index (χ0n) is 42.6. The monoisotopic (exact) mass is 1070 g/mol. The van der Waals surface area contributed by atoms with Crippen molar-refractivity contribution in [2.75, 3.05) is 38.8 Å². The van der Waals surface area contributed by atoms with E-state index in [1.165, 1.54) is 33.9 Å². The Kier molecular flexibility index (Phi) is 18.9. The number of fused-ring (bicyclic) bond motifs is 1. The van der Waals surface area contributed by atoms with Gasteiger partial charge in [-0.3, -0.25) is 47.7 Å². The lowest BCUT2D eigenvalue weighted by Gasteiger charge is -2.21. The zero-order valence-corrected chi connectivity index (χ0v) is 42.6. The number of nitrogens with one attached hydrogen (secondary N) is 1. The lowest BCUT2D eigenvalue weighted by Crippen LogP contribution is -2.36. The summed E-state index contributed by atoms with van der Waals surface area (Å²) >= 11 is 0. The van der Waals surface area contributed by atoms with Crippen molar-refractivity contribution in [3.05, 3.63) is 88.3 Å². The summed E-state index contributed by atoms with van der Waals surface area (Å²) < 4.78 is 34.9. The number of anilines is 1. The van der Waals surface area contributed by atoms with Crippen molar-refractivity contribution in [1.82, 2.24) is 59.1 Å². The maximum Gasteiger partial charge on any atom is 0.316 e. The number of carbonyl (C=O) groups is 5. The first-order valence-electron chi connectivity index (χ1n) is 24.6. The first-order chi connectivity index (χ1) is 37.0. The molecule has 0 saturated carbocycles. The molecule has 7 rings (SSSR count). The van der Waals surface area contributed by atoms with Crippen LogP contribution in [0.2, 0.25) is 0 Å². The standard InChI is InChI=1S/C49H61N13O15/c1-48(26-63,27-64)45(71)74-23-32-21-60(57-55-32)16-6-4-11-39(68)73-25-36-35(77-40(69)12-5-7-17-61-22-33(56-58-61)24-75-46(72)49(2,28-65)29-66)20-38(76-36)62-42(52-41-43(62)53-47(50)54-44(41)70)31-10-8-9-30(19-31)34(67)13-14-37-51-15-18-59(37)3/h8-10,13-15,18-19,21-22,35-36,38,63-66H,4-7,11-12,16-17,20,23-29H2,1-3H3,(H3,50,53,54,70)/b14-13+/t35-,36+,38+/m0/s1. The van der Waals surface area contributed by atoms with E-state index in [1.807, 2.05) is 0 Å². The van der Waals surface area contributed by atoms with Gasteiger partial charge in [-0.05, 0) is 57.7 Å². The Morgan fingerprint density at radius 1 is 0.844 bits per heavy atom. The van der Waals surface area contributed by atoms with Crippen LogP contribution < -0.4 is 11.3 Å². The normalized spacial score (nSPS) is 15.8. The highest BCUT2D eigenvalue weighted by atomic mass is 16.6. The Morgan fingerprint density at radius 3 is 2.04 bits per heavy atom. The number of carbonyl (C=O) groups excluding carboxylic acids is 5. The van der Waals surface area contributed by atoms with Crippen LogP contribution in [0.5, 0.6) is 0 Å². The maximum atomic E-state index is 13.5. The number of hydrogen-bond donors (Lipinski definition) is 6. The van der Waals surface area contributed by atoms with E-state index in [0.717, 1.165) is 0 Å². The fourth-order valence-corrected chi connectivity index (χ4v) is 7.78.